The molecular weight excluding hydrogens is 288 g/mol. The lowest BCUT2D eigenvalue weighted by atomic mass is 10.1. The molecule has 2 heterocycles. The molecular formula is C17H20N6. The first kappa shape index (κ1) is 15.1. The Hall–Kier alpha value is -2.76. The van der Waals surface area contributed by atoms with Gasteiger partial charge in [-0.05, 0) is 43.5 Å². The Balaban J connectivity index is 2.01. The number of fused-ring (bicyclic) bond motifs is 1. The zero-order valence-corrected chi connectivity index (χ0v) is 13.6. The predicted molar refractivity (Wildman–Crippen MR) is 93.1 cm³/mol. The van der Waals surface area contributed by atoms with Gasteiger partial charge in [0.2, 0.25) is 5.95 Å². The predicted octanol–water partition coefficient (Wildman–Crippen LogP) is 3.60. The first-order valence-corrected chi connectivity index (χ1v) is 7.74. The standard InChI is InChI=1S/C17H20N6/c1-4-7-20-17-22-15-14(18-8-9-19-15)16(23-17)21-13-6-5-11(2)12(3)10-13/h5-6,8-10H,4,7H2,1-3H3,(H2,19,20,21,22,23). The Morgan fingerprint density at radius 1 is 1.00 bits per heavy atom. The summed E-state index contributed by atoms with van der Waals surface area (Å²) in [6.07, 6.45) is 4.29. The van der Waals surface area contributed by atoms with Crippen molar-refractivity contribution in [2.75, 3.05) is 17.2 Å². The molecule has 1 aromatic carbocycles. The first-order chi connectivity index (χ1) is 11.2. The second kappa shape index (κ2) is 6.56. The molecule has 0 atom stereocenters. The van der Waals surface area contributed by atoms with Crippen molar-refractivity contribution in [1.82, 2.24) is 19.9 Å². The number of benzene rings is 1. The van der Waals surface area contributed by atoms with E-state index in [4.69, 9.17) is 0 Å². The largest absolute Gasteiger partial charge is 0.354 e. The fourth-order valence-corrected chi connectivity index (χ4v) is 2.22. The zero-order valence-electron chi connectivity index (χ0n) is 13.6. The smallest absolute Gasteiger partial charge is 0.226 e. The van der Waals surface area contributed by atoms with E-state index in [0.29, 0.717) is 22.9 Å². The first-order valence-electron chi connectivity index (χ1n) is 7.74. The van der Waals surface area contributed by atoms with Crippen molar-refractivity contribution in [3.05, 3.63) is 41.7 Å². The van der Waals surface area contributed by atoms with Crippen molar-refractivity contribution < 1.29 is 0 Å². The quantitative estimate of drug-likeness (QED) is 0.750. The molecule has 0 fully saturated rings. The molecule has 0 radical (unpaired) electrons. The van der Waals surface area contributed by atoms with Gasteiger partial charge in [-0.2, -0.15) is 9.97 Å². The minimum Gasteiger partial charge on any atom is -0.354 e. The number of rotatable bonds is 5. The van der Waals surface area contributed by atoms with Gasteiger partial charge in [-0.15, -0.1) is 0 Å². The number of nitrogens with one attached hydrogen (secondary N) is 2. The van der Waals surface area contributed by atoms with Crippen LogP contribution in [0.4, 0.5) is 17.5 Å². The summed E-state index contributed by atoms with van der Waals surface area (Å²) in [5.41, 5.74) is 4.69. The van der Waals surface area contributed by atoms with Crippen LogP contribution in [0.25, 0.3) is 11.2 Å². The molecule has 6 nitrogen and oxygen atoms in total. The summed E-state index contributed by atoms with van der Waals surface area (Å²) in [6.45, 7) is 7.10. The molecule has 3 rings (SSSR count). The van der Waals surface area contributed by atoms with Crippen LogP contribution in [0, 0.1) is 13.8 Å². The van der Waals surface area contributed by atoms with Crippen LogP contribution in [0.15, 0.2) is 30.6 Å². The number of hydrogen-bond acceptors (Lipinski definition) is 6. The molecule has 3 aromatic rings. The van der Waals surface area contributed by atoms with Crippen LogP contribution in [-0.4, -0.2) is 26.5 Å². The number of aromatic nitrogens is 4. The maximum atomic E-state index is 4.55. The van der Waals surface area contributed by atoms with Gasteiger partial charge in [0.1, 0.15) is 0 Å². The van der Waals surface area contributed by atoms with Crippen LogP contribution in [-0.2, 0) is 0 Å². The number of aryl methyl sites for hydroxylation is 2. The Morgan fingerprint density at radius 2 is 1.83 bits per heavy atom. The molecule has 0 amide bonds. The molecule has 0 aliphatic carbocycles. The summed E-state index contributed by atoms with van der Waals surface area (Å²) in [6, 6.07) is 6.22. The monoisotopic (exact) mass is 308 g/mol. The van der Waals surface area contributed by atoms with E-state index in [-0.39, 0.29) is 0 Å². The van der Waals surface area contributed by atoms with Gasteiger partial charge in [0, 0.05) is 24.6 Å². The summed E-state index contributed by atoms with van der Waals surface area (Å²) < 4.78 is 0. The average molecular weight is 308 g/mol. The molecule has 2 N–H and O–H groups in total. The summed E-state index contributed by atoms with van der Waals surface area (Å²) in [5.74, 6) is 1.22. The Bertz CT molecular complexity index is 830. The molecule has 6 heteroatoms. The Kier molecular flexibility index (Phi) is 4.32. The van der Waals surface area contributed by atoms with E-state index < -0.39 is 0 Å². The molecule has 0 saturated heterocycles. The zero-order chi connectivity index (χ0) is 16.2. The fraction of sp³-hybridized carbons (Fsp3) is 0.294. The van der Waals surface area contributed by atoms with Gasteiger partial charge >= 0.3 is 0 Å². The van der Waals surface area contributed by atoms with Crippen molar-refractivity contribution >= 4 is 28.6 Å². The lowest BCUT2D eigenvalue weighted by Crippen LogP contribution is -2.07. The Labute approximate surface area is 135 Å². The van der Waals surface area contributed by atoms with Gasteiger partial charge < -0.3 is 10.6 Å². The topological polar surface area (TPSA) is 75.6 Å². The van der Waals surface area contributed by atoms with Gasteiger partial charge in [0.15, 0.2) is 17.0 Å². The van der Waals surface area contributed by atoms with E-state index in [2.05, 4.69) is 63.5 Å². The lowest BCUT2D eigenvalue weighted by molar-refractivity contribution is 0.955. The van der Waals surface area contributed by atoms with Crippen molar-refractivity contribution in [2.24, 2.45) is 0 Å². The van der Waals surface area contributed by atoms with Gasteiger partial charge in [-0.25, -0.2) is 9.97 Å². The van der Waals surface area contributed by atoms with E-state index in [0.717, 1.165) is 18.7 Å². The van der Waals surface area contributed by atoms with Crippen LogP contribution in [0.5, 0.6) is 0 Å². The van der Waals surface area contributed by atoms with Crippen molar-refractivity contribution in [3.8, 4) is 0 Å². The molecule has 0 unspecified atom stereocenters. The van der Waals surface area contributed by atoms with E-state index in [1.807, 2.05) is 6.07 Å². The minimum absolute atomic E-state index is 0.561. The van der Waals surface area contributed by atoms with Crippen LogP contribution in [0.2, 0.25) is 0 Å². The highest BCUT2D eigenvalue weighted by atomic mass is 15.2. The van der Waals surface area contributed by atoms with E-state index in [9.17, 15) is 0 Å². The van der Waals surface area contributed by atoms with Gasteiger partial charge in [0.25, 0.3) is 0 Å². The normalized spacial score (nSPS) is 10.7. The number of hydrogen-bond donors (Lipinski definition) is 2. The maximum absolute atomic E-state index is 4.55. The third kappa shape index (κ3) is 3.36. The van der Waals surface area contributed by atoms with E-state index in [1.54, 1.807) is 12.4 Å². The molecule has 0 aliphatic heterocycles. The fourth-order valence-electron chi connectivity index (χ4n) is 2.22. The van der Waals surface area contributed by atoms with Crippen LogP contribution >= 0.6 is 0 Å². The third-order valence-electron chi connectivity index (χ3n) is 3.64. The Morgan fingerprint density at radius 3 is 2.61 bits per heavy atom. The highest BCUT2D eigenvalue weighted by molar-refractivity contribution is 5.85. The highest BCUT2D eigenvalue weighted by Crippen LogP contribution is 2.23. The second-order valence-corrected chi connectivity index (χ2v) is 5.48. The summed E-state index contributed by atoms with van der Waals surface area (Å²) >= 11 is 0. The molecule has 0 spiro atoms. The van der Waals surface area contributed by atoms with Crippen molar-refractivity contribution in [3.63, 3.8) is 0 Å². The maximum Gasteiger partial charge on any atom is 0.226 e. The van der Waals surface area contributed by atoms with E-state index >= 15 is 0 Å². The van der Waals surface area contributed by atoms with Crippen LogP contribution in [0.3, 0.4) is 0 Å². The molecule has 0 bridgehead atoms. The second-order valence-electron chi connectivity index (χ2n) is 5.48. The molecule has 23 heavy (non-hydrogen) atoms. The van der Waals surface area contributed by atoms with Crippen molar-refractivity contribution in [1.29, 1.82) is 0 Å². The average Bonchev–Trinajstić information content (AvgIpc) is 2.56. The molecule has 2 aromatic heterocycles. The third-order valence-corrected chi connectivity index (χ3v) is 3.64. The van der Waals surface area contributed by atoms with Gasteiger partial charge in [-0.1, -0.05) is 13.0 Å². The minimum atomic E-state index is 0.561. The molecule has 118 valence electrons. The number of anilines is 3. The summed E-state index contributed by atoms with van der Waals surface area (Å²) in [5, 5.41) is 6.54. The van der Waals surface area contributed by atoms with Gasteiger partial charge in [0.05, 0.1) is 0 Å². The van der Waals surface area contributed by atoms with Crippen molar-refractivity contribution in [2.45, 2.75) is 27.2 Å². The van der Waals surface area contributed by atoms with Crippen LogP contribution in [0.1, 0.15) is 24.5 Å². The van der Waals surface area contributed by atoms with Crippen LogP contribution < -0.4 is 10.6 Å². The summed E-state index contributed by atoms with van der Waals surface area (Å²) in [4.78, 5) is 17.6. The van der Waals surface area contributed by atoms with Gasteiger partial charge in [-0.3, -0.25) is 0 Å². The number of nitrogens with zero attached hydrogens (tertiary/aromatic N) is 4. The van der Waals surface area contributed by atoms with E-state index in [1.165, 1.54) is 11.1 Å². The summed E-state index contributed by atoms with van der Waals surface area (Å²) in [7, 11) is 0. The lowest BCUT2D eigenvalue weighted by Gasteiger charge is -2.11. The molecule has 0 saturated carbocycles. The SMILES string of the molecule is CCCNc1nc(Nc2ccc(C)c(C)c2)c2nccnc2n1. The molecule has 0 aliphatic rings. The highest BCUT2D eigenvalue weighted by Gasteiger charge is 2.10.